The largest absolute Gasteiger partial charge is 0.388 e. The molecule has 3 atom stereocenters. The Bertz CT molecular complexity index is 769. The van der Waals surface area contributed by atoms with Crippen molar-refractivity contribution in [1.82, 2.24) is 4.98 Å². The summed E-state index contributed by atoms with van der Waals surface area (Å²) in [5, 5.41) is 11.7. The van der Waals surface area contributed by atoms with Gasteiger partial charge in [-0.25, -0.2) is 0 Å². The molecule has 2 aromatic carbocycles. The maximum Gasteiger partial charge on any atom is 0.0839 e. The number of aromatic nitrogens is 1. The molecule has 0 spiro atoms. The van der Waals surface area contributed by atoms with Crippen molar-refractivity contribution in [1.29, 1.82) is 0 Å². The van der Waals surface area contributed by atoms with E-state index in [0.29, 0.717) is 11.8 Å². The second-order valence-corrected chi connectivity index (χ2v) is 5.82. The molecule has 1 aliphatic carbocycles. The summed E-state index contributed by atoms with van der Waals surface area (Å²) in [4.78, 5) is 4.45. The Morgan fingerprint density at radius 1 is 1.00 bits per heavy atom. The highest BCUT2D eigenvalue weighted by molar-refractivity contribution is 5.78. The highest BCUT2D eigenvalue weighted by Crippen LogP contribution is 2.54. The van der Waals surface area contributed by atoms with E-state index in [0.717, 1.165) is 22.9 Å². The van der Waals surface area contributed by atoms with Crippen molar-refractivity contribution in [2.24, 2.45) is 5.92 Å². The minimum atomic E-state index is -0.424. The van der Waals surface area contributed by atoms with Crippen LogP contribution in [0.5, 0.6) is 0 Å². The van der Waals surface area contributed by atoms with Crippen molar-refractivity contribution in [3.8, 4) is 0 Å². The molecule has 3 aromatic rings. The summed E-state index contributed by atoms with van der Waals surface area (Å²) in [5.74, 6) is 0.794. The summed E-state index contributed by atoms with van der Waals surface area (Å²) in [6, 6.07) is 20.5. The van der Waals surface area contributed by atoms with Gasteiger partial charge >= 0.3 is 0 Å². The number of hydrogen-bond acceptors (Lipinski definition) is 2. The van der Waals surface area contributed by atoms with E-state index in [2.05, 4.69) is 35.3 Å². The maximum atomic E-state index is 10.6. The fraction of sp³-hybridized carbons (Fsp3) is 0.211. The van der Waals surface area contributed by atoms with Crippen LogP contribution in [0.1, 0.15) is 29.6 Å². The van der Waals surface area contributed by atoms with Crippen molar-refractivity contribution >= 4 is 10.9 Å². The van der Waals surface area contributed by atoms with E-state index in [9.17, 15) is 5.11 Å². The van der Waals surface area contributed by atoms with Crippen LogP contribution in [-0.2, 0) is 0 Å². The zero-order valence-electron chi connectivity index (χ0n) is 11.7. The number of para-hydroxylation sites is 1. The normalized spacial score (nSPS) is 22.1. The average Bonchev–Trinajstić information content (AvgIpc) is 3.35. The zero-order valence-corrected chi connectivity index (χ0v) is 11.7. The first-order chi connectivity index (χ1) is 10.3. The van der Waals surface area contributed by atoms with E-state index in [4.69, 9.17) is 0 Å². The molecule has 0 amide bonds. The number of aliphatic hydroxyl groups is 1. The van der Waals surface area contributed by atoms with Crippen LogP contribution in [0.3, 0.4) is 0 Å². The number of benzene rings is 2. The lowest BCUT2D eigenvalue weighted by molar-refractivity contribution is 0.151. The maximum absolute atomic E-state index is 10.6. The van der Waals surface area contributed by atoms with Crippen molar-refractivity contribution in [3.05, 3.63) is 78.0 Å². The summed E-state index contributed by atoms with van der Waals surface area (Å²) in [7, 11) is 0. The Labute approximate surface area is 124 Å². The van der Waals surface area contributed by atoms with Crippen LogP contribution >= 0.6 is 0 Å². The molecule has 0 saturated heterocycles. The Hall–Kier alpha value is -2.19. The van der Waals surface area contributed by atoms with Gasteiger partial charge in [0.15, 0.2) is 0 Å². The molecule has 104 valence electrons. The van der Waals surface area contributed by atoms with Gasteiger partial charge in [0.1, 0.15) is 0 Å². The molecule has 0 bridgehead atoms. The van der Waals surface area contributed by atoms with Crippen molar-refractivity contribution in [3.63, 3.8) is 0 Å². The average molecular weight is 275 g/mol. The van der Waals surface area contributed by atoms with E-state index in [1.54, 1.807) is 0 Å². The molecular formula is C19H17NO. The van der Waals surface area contributed by atoms with Crippen LogP contribution in [0.2, 0.25) is 0 Å². The third-order valence-corrected chi connectivity index (χ3v) is 4.43. The molecule has 1 saturated carbocycles. The monoisotopic (exact) mass is 275 g/mol. The summed E-state index contributed by atoms with van der Waals surface area (Å²) in [6.07, 6.45) is 2.44. The van der Waals surface area contributed by atoms with Gasteiger partial charge in [-0.05, 0) is 41.5 Å². The van der Waals surface area contributed by atoms with Gasteiger partial charge in [0.2, 0.25) is 0 Å². The van der Waals surface area contributed by atoms with Gasteiger partial charge in [-0.15, -0.1) is 0 Å². The molecule has 1 aromatic heterocycles. The summed E-state index contributed by atoms with van der Waals surface area (Å²) >= 11 is 0. The molecule has 0 aliphatic heterocycles. The number of fused-ring (bicyclic) bond motifs is 1. The van der Waals surface area contributed by atoms with Crippen LogP contribution in [0, 0.1) is 5.92 Å². The van der Waals surface area contributed by atoms with Gasteiger partial charge in [-0.3, -0.25) is 4.98 Å². The quantitative estimate of drug-likeness (QED) is 0.781. The minimum absolute atomic E-state index is 0.315. The highest BCUT2D eigenvalue weighted by Gasteiger charge is 2.43. The van der Waals surface area contributed by atoms with Crippen molar-refractivity contribution in [2.75, 3.05) is 0 Å². The number of pyridine rings is 1. The van der Waals surface area contributed by atoms with E-state index in [1.807, 2.05) is 36.5 Å². The number of hydrogen-bond donors (Lipinski definition) is 1. The van der Waals surface area contributed by atoms with Crippen LogP contribution in [0.15, 0.2) is 66.9 Å². The van der Waals surface area contributed by atoms with E-state index < -0.39 is 6.10 Å². The Morgan fingerprint density at radius 3 is 2.62 bits per heavy atom. The zero-order chi connectivity index (χ0) is 14.2. The molecule has 3 unspecified atom stereocenters. The van der Waals surface area contributed by atoms with Gasteiger partial charge in [-0.2, -0.15) is 0 Å². The number of aliphatic hydroxyl groups excluding tert-OH is 1. The lowest BCUT2D eigenvalue weighted by Gasteiger charge is -2.11. The number of nitrogens with zero attached hydrogens (tertiary/aromatic N) is 1. The van der Waals surface area contributed by atoms with Gasteiger partial charge in [0.25, 0.3) is 0 Å². The summed E-state index contributed by atoms with van der Waals surface area (Å²) in [6.45, 7) is 0. The predicted octanol–water partition coefficient (Wildman–Crippen LogP) is 4.07. The van der Waals surface area contributed by atoms with Gasteiger partial charge < -0.3 is 5.11 Å². The highest BCUT2D eigenvalue weighted by atomic mass is 16.3. The van der Waals surface area contributed by atoms with E-state index >= 15 is 0 Å². The first-order valence-corrected chi connectivity index (χ1v) is 7.40. The Balaban J connectivity index is 1.58. The SMILES string of the molecule is OC(c1cnc2ccccc2c1)C1CC1c1ccccc1. The first kappa shape index (κ1) is 12.5. The van der Waals surface area contributed by atoms with Crippen LogP contribution in [0.4, 0.5) is 0 Å². The second-order valence-electron chi connectivity index (χ2n) is 5.82. The Morgan fingerprint density at radius 2 is 1.76 bits per heavy atom. The molecular weight excluding hydrogens is 258 g/mol. The molecule has 2 heteroatoms. The van der Waals surface area contributed by atoms with Crippen LogP contribution in [-0.4, -0.2) is 10.1 Å². The van der Waals surface area contributed by atoms with Gasteiger partial charge in [-0.1, -0.05) is 48.5 Å². The minimum Gasteiger partial charge on any atom is -0.388 e. The standard InChI is InChI=1S/C19H17NO/c21-19(17-11-16(17)13-6-2-1-3-7-13)15-10-14-8-4-5-9-18(14)20-12-15/h1-10,12,16-17,19,21H,11H2. The Kier molecular flexibility index (Phi) is 2.97. The lowest BCUT2D eigenvalue weighted by Crippen LogP contribution is -2.02. The molecule has 0 radical (unpaired) electrons. The predicted molar refractivity (Wildman–Crippen MR) is 84.0 cm³/mol. The third kappa shape index (κ3) is 2.32. The fourth-order valence-electron chi connectivity index (χ4n) is 3.14. The second kappa shape index (κ2) is 4.97. The molecule has 4 rings (SSSR count). The molecule has 1 aliphatic rings. The van der Waals surface area contributed by atoms with Gasteiger partial charge in [0.05, 0.1) is 11.6 Å². The summed E-state index contributed by atoms with van der Waals surface area (Å²) < 4.78 is 0. The molecule has 1 N–H and O–H groups in total. The van der Waals surface area contributed by atoms with E-state index in [1.165, 1.54) is 5.56 Å². The van der Waals surface area contributed by atoms with E-state index in [-0.39, 0.29) is 0 Å². The molecule has 21 heavy (non-hydrogen) atoms. The molecule has 1 heterocycles. The van der Waals surface area contributed by atoms with Crippen molar-refractivity contribution in [2.45, 2.75) is 18.4 Å². The molecule has 1 fully saturated rings. The van der Waals surface area contributed by atoms with Crippen LogP contribution < -0.4 is 0 Å². The van der Waals surface area contributed by atoms with Gasteiger partial charge in [0, 0.05) is 11.6 Å². The van der Waals surface area contributed by atoms with Crippen LogP contribution in [0.25, 0.3) is 10.9 Å². The first-order valence-electron chi connectivity index (χ1n) is 7.40. The smallest absolute Gasteiger partial charge is 0.0839 e. The lowest BCUT2D eigenvalue weighted by atomic mass is 10.0. The summed E-state index contributed by atoms with van der Waals surface area (Å²) in [5.41, 5.74) is 3.23. The fourth-order valence-corrected chi connectivity index (χ4v) is 3.14. The topological polar surface area (TPSA) is 33.1 Å². The van der Waals surface area contributed by atoms with Crippen molar-refractivity contribution < 1.29 is 5.11 Å². The number of rotatable bonds is 3. The molecule has 2 nitrogen and oxygen atoms in total. The third-order valence-electron chi connectivity index (χ3n) is 4.43.